The Morgan fingerprint density at radius 3 is 2.95 bits per heavy atom. The number of aromatic amines is 1. The van der Waals surface area contributed by atoms with Crippen molar-refractivity contribution >= 4 is 23.4 Å². The summed E-state index contributed by atoms with van der Waals surface area (Å²) in [5, 5.41) is 0.482. The smallest absolute Gasteiger partial charge is 0.340 e. The molecule has 1 aromatic carbocycles. The number of carbonyl (C=O) groups is 1. The van der Waals surface area contributed by atoms with Crippen molar-refractivity contribution in [1.82, 2.24) is 9.97 Å². The van der Waals surface area contributed by atoms with E-state index < -0.39 is 5.97 Å². The molecule has 3 N–H and O–H groups in total. The van der Waals surface area contributed by atoms with Crippen LogP contribution in [-0.2, 0) is 10.5 Å². The zero-order chi connectivity index (χ0) is 14.5. The van der Waals surface area contributed by atoms with Gasteiger partial charge in [-0.05, 0) is 11.6 Å². The Balaban J connectivity index is 2.23. The maximum atomic E-state index is 11.7. The highest BCUT2D eigenvalue weighted by atomic mass is 32.2. The quantitative estimate of drug-likeness (QED) is 0.383. The molecule has 104 valence electrons. The second-order valence-electron chi connectivity index (χ2n) is 3.90. The van der Waals surface area contributed by atoms with Gasteiger partial charge in [-0.1, -0.05) is 23.9 Å². The average molecular weight is 291 g/mol. The lowest BCUT2D eigenvalue weighted by Crippen LogP contribution is -2.09. The fourth-order valence-electron chi connectivity index (χ4n) is 1.66. The molecular weight excluding hydrogens is 278 g/mol. The summed E-state index contributed by atoms with van der Waals surface area (Å²) in [4.78, 5) is 29.5. The molecule has 0 amide bonds. The molecule has 20 heavy (non-hydrogen) atoms. The molecule has 0 bridgehead atoms. The molecule has 0 aliphatic carbocycles. The lowest BCUT2D eigenvalue weighted by Gasteiger charge is -2.09. The number of nitrogens with two attached hydrogens (primary N) is 1. The number of aromatic nitrogens is 2. The fourth-order valence-corrected chi connectivity index (χ4v) is 2.50. The number of nitrogens with one attached hydrogen (secondary N) is 1. The third kappa shape index (κ3) is 3.18. The summed E-state index contributed by atoms with van der Waals surface area (Å²) >= 11 is 1.31. The summed E-state index contributed by atoms with van der Waals surface area (Å²) < 4.78 is 4.73. The minimum atomic E-state index is -0.479. The SMILES string of the molecule is COC(=O)c1c(N)cccc1CSc1nccc(=O)[nH]1. The van der Waals surface area contributed by atoms with Crippen LogP contribution < -0.4 is 11.3 Å². The molecule has 0 radical (unpaired) electrons. The van der Waals surface area contributed by atoms with Crippen molar-refractivity contribution in [3.8, 4) is 0 Å². The van der Waals surface area contributed by atoms with E-state index in [1.165, 1.54) is 31.1 Å². The highest BCUT2D eigenvalue weighted by molar-refractivity contribution is 7.98. The molecule has 2 rings (SSSR count). The number of ether oxygens (including phenoxy) is 1. The van der Waals surface area contributed by atoms with Gasteiger partial charge >= 0.3 is 5.97 Å². The van der Waals surface area contributed by atoms with E-state index in [1.807, 2.05) is 0 Å². The van der Waals surface area contributed by atoms with Crippen molar-refractivity contribution in [2.24, 2.45) is 0 Å². The number of esters is 1. The van der Waals surface area contributed by atoms with Crippen LogP contribution in [0.5, 0.6) is 0 Å². The molecule has 0 saturated heterocycles. The second kappa shape index (κ2) is 6.25. The van der Waals surface area contributed by atoms with Gasteiger partial charge in [0.25, 0.3) is 5.56 Å². The van der Waals surface area contributed by atoms with Crippen molar-refractivity contribution in [2.75, 3.05) is 12.8 Å². The molecule has 0 atom stereocenters. The normalized spacial score (nSPS) is 10.2. The Morgan fingerprint density at radius 1 is 1.45 bits per heavy atom. The van der Waals surface area contributed by atoms with E-state index in [0.29, 0.717) is 22.2 Å². The number of methoxy groups -OCH3 is 1. The second-order valence-corrected chi connectivity index (χ2v) is 4.86. The number of hydrogen-bond acceptors (Lipinski definition) is 6. The van der Waals surface area contributed by atoms with Gasteiger partial charge in [-0.3, -0.25) is 4.79 Å². The molecule has 7 heteroatoms. The van der Waals surface area contributed by atoms with Crippen molar-refractivity contribution < 1.29 is 9.53 Å². The number of nitrogen functional groups attached to an aromatic ring is 1. The summed E-state index contributed by atoms with van der Waals surface area (Å²) in [6.07, 6.45) is 1.43. The number of H-pyrrole nitrogens is 1. The van der Waals surface area contributed by atoms with E-state index in [2.05, 4.69) is 9.97 Å². The van der Waals surface area contributed by atoms with Crippen LogP contribution in [0.2, 0.25) is 0 Å². The van der Waals surface area contributed by atoms with Crippen LogP contribution in [0.4, 0.5) is 5.69 Å². The Hall–Kier alpha value is -2.28. The summed E-state index contributed by atoms with van der Waals surface area (Å²) in [5.41, 5.74) is 7.03. The van der Waals surface area contributed by atoms with Gasteiger partial charge in [0.2, 0.25) is 0 Å². The first-order valence-electron chi connectivity index (χ1n) is 5.75. The Morgan fingerprint density at radius 2 is 2.25 bits per heavy atom. The van der Waals surface area contributed by atoms with Gasteiger partial charge < -0.3 is 15.5 Å². The molecule has 0 fully saturated rings. The molecule has 6 nitrogen and oxygen atoms in total. The van der Waals surface area contributed by atoms with Gasteiger partial charge in [-0.15, -0.1) is 0 Å². The van der Waals surface area contributed by atoms with E-state index >= 15 is 0 Å². The third-order valence-corrected chi connectivity index (χ3v) is 3.52. The predicted molar refractivity (Wildman–Crippen MR) is 76.6 cm³/mol. The first kappa shape index (κ1) is 14.1. The van der Waals surface area contributed by atoms with Crippen molar-refractivity contribution in [1.29, 1.82) is 0 Å². The minimum absolute atomic E-state index is 0.219. The highest BCUT2D eigenvalue weighted by Gasteiger charge is 2.15. The average Bonchev–Trinajstić information content (AvgIpc) is 2.44. The molecule has 0 unspecified atom stereocenters. The summed E-state index contributed by atoms with van der Waals surface area (Å²) in [6, 6.07) is 6.53. The Kier molecular flexibility index (Phi) is 4.41. The van der Waals surface area contributed by atoms with Crippen LogP contribution in [0.1, 0.15) is 15.9 Å². The standard InChI is InChI=1S/C13H13N3O3S/c1-19-12(18)11-8(3-2-4-9(11)14)7-20-13-15-6-5-10(17)16-13/h2-6H,7,14H2,1H3,(H,15,16,17). The molecule has 0 aliphatic rings. The van der Waals surface area contributed by atoms with E-state index in [9.17, 15) is 9.59 Å². The van der Waals surface area contributed by atoms with Crippen molar-refractivity contribution in [3.63, 3.8) is 0 Å². The largest absolute Gasteiger partial charge is 0.465 e. The number of nitrogens with zero attached hydrogens (tertiary/aromatic N) is 1. The van der Waals surface area contributed by atoms with Gasteiger partial charge in [0.05, 0.1) is 12.7 Å². The summed E-state index contributed by atoms with van der Waals surface area (Å²) in [7, 11) is 1.31. The molecule has 0 aliphatic heterocycles. The number of carbonyl (C=O) groups excluding carboxylic acids is 1. The topological polar surface area (TPSA) is 98.1 Å². The van der Waals surface area contributed by atoms with Crippen LogP contribution in [0.15, 0.2) is 40.4 Å². The van der Waals surface area contributed by atoms with E-state index in [1.54, 1.807) is 18.2 Å². The molecule has 1 heterocycles. The zero-order valence-corrected chi connectivity index (χ0v) is 11.6. The lowest BCUT2D eigenvalue weighted by molar-refractivity contribution is 0.0601. The first-order valence-corrected chi connectivity index (χ1v) is 6.74. The van der Waals surface area contributed by atoms with E-state index in [-0.39, 0.29) is 5.56 Å². The number of rotatable bonds is 4. The highest BCUT2D eigenvalue weighted by Crippen LogP contribution is 2.24. The number of thioether (sulfide) groups is 1. The summed E-state index contributed by atoms with van der Waals surface area (Å²) in [6.45, 7) is 0. The van der Waals surface area contributed by atoms with Crippen LogP contribution in [-0.4, -0.2) is 23.0 Å². The number of hydrogen-bond donors (Lipinski definition) is 2. The fraction of sp³-hybridized carbons (Fsp3) is 0.154. The maximum absolute atomic E-state index is 11.7. The molecular formula is C13H13N3O3S. The van der Waals surface area contributed by atoms with E-state index in [4.69, 9.17) is 10.5 Å². The van der Waals surface area contributed by atoms with Crippen molar-refractivity contribution in [2.45, 2.75) is 10.9 Å². The van der Waals surface area contributed by atoms with Crippen LogP contribution in [0.3, 0.4) is 0 Å². The lowest BCUT2D eigenvalue weighted by atomic mass is 10.1. The minimum Gasteiger partial charge on any atom is -0.465 e. The predicted octanol–water partition coefficient (Wildman–Crippen LogP) is 1.43. The van der Waals surface area contributed by atoms with Crippen LogP contribution >= 0.6 is 11.8 Å². The summed E-state index contributed by atoms with van der Waals surface area (Å²) in [5.74, 6) is -0.0317. The van der Waals surface area contributed by atoms with Gasteiger partial charge in [0.15, 0.2) is 5.16 Å². The van der Waals surface area contributed by atoms with Crippen molar-refractivity contribution in [3.05, 3.63) is 51.9 Å². The monoisotopic (exact) mass is 291 g/mol. The maximum Gasteiger partial charge on any atom is 0.340 e. The van der Waals surface area contributed by atoms with Gasteiger partial charge in [-0.2, -0.15) is 0 Å². The molecule has 2 aromatic rings. The number of anilines is 1. The van der Waals surface area contributed by atoms with Gasteiger partial charge in [0.1, 0.15) is 0 Å². The Bertz CT molecular complexity index is 685. The Labute approximate surface area is 119 Å². The third-order valence-electron chi connectivity index (χ3n) is 2.58. The number of benzene rings is 1. The zero-order valence-electron chi connectivity index (χ0n) is 10.8. The van der Waals surface area contributed by atoms with Gasteiger partial charge in [0, 0.05) is 23.7 Å². The van der Waals surface area contributed by atoms with Crippen LogP contribution in [0, 0.1) is 0 Å². The molecule has 0 saturated carbocycles. The van der Waals surface area contributed by atoms with E-state index in [0.717, 1.165) is 5.56 Å². The molecule has 0 spiro atoms. The van der Waals surface area contributed by atoms with Gasteiger partial charge in [-0.25, -0.2) is 9.78 Å². The first-order chi connectivity index (χ1) is 9.61. The van der Waals surface area contributed by atoms with Crippen LogP contribution in [0.25, 0.3) is 0 Å². The molecule has 1 aromatic heterocycles.